The Morgan fingerprint density at radius 2 is 2.00 bits per heavy atom. The van der Waals surface area contributed by atoms with Crippen LogP contribution in [0.15, 0.2) is 0 Å². The molecule has 0 heterocycles. The molecule has 0 fully saturated rings. The second-order valence-electron chi connectivity index (χ2n) is 0.202. The van der Waals surface area contributed by atoms with Crippen LogP contribution >= 0.6 is 12.9 Å². The maximum absolute atomic E-state index is 8.88. The van der Waals surface area contributed by atoms with Gasteiger partial charge in [-0.2, -0.15) is 0 Å². The van der Waals surface area contributed by atoms with Crippen LogP contribution < -0.4 is 0 Å². The van der Waals surface area contributed by atoms with Gasteiger partial charge >= 0.3 is 6.47 Å². The van der Waals surface area contributed by atoms with E-state index in [0.717, 1.165) is 0 Å². The summed E-state index contributed by atoms with van der Waals surface area (Å²) in [4.78, 5) is 8.88. The molecule has 0 unspecified atom stereocenters. The van der Waals surface area contributed by atoms with Crippen molar-refractivity contribution >= 4 is 19.4 Å². The van der Waals surface area contributed by atoms with Gasteiger partial charge in [0.15, 0.2) is 0 Å². The average Bonchev–Trinajstić information content (AvgIpc) is 1.37. The van der Waals surface area contributed by atoms with E-state index in [9.17, 15) is 0 Å². The van der Waals surface area contributed by atoms with Gasteiger partial charge in [0.1, 0.15) is 0 Å². The zero-order valence-corrected chi connectivity index (χ0v) is 6.41. The standard InChI is InChI=1S/CH2O2S.Zn/c2-1-3-4;/h1,4H;. The van der Waals surface area contributed by atoms with E-state index in [0.29, 0.717) is 0 Å². The van der Waals surface area contributed by atoms with Crippen LogP contribution in [0.1, 0.15) is 0 Å². The van der Waals surface area contributed by atoms with Gasteiger partial charge in [0.25, 0.3) is 0 Å². The van der Waals surface area contributed by atoms with Gasteiger partial charge in [-0.3, -0.25) is 4.79 Å². The third-order valence-electron chi connectivity index (χ3n) is 0.0430. The molecule has 0 saturated carbocycles. The summed E-state index contributed by atoms with van der Waals surface area (Å²) in [7, 11) is 0. The molecule has 2 nitrogen and oxygen atoms in total. The van der Waals surface area contributed by atoms with Gasteiger partial charge in [0.05, 0.1) is 0 Å². The van der Waals surface area contributed by atoms with Crippen molar-refractivity contribution in [3.8, 4) is 0 Å². The summed E-state index contributed by atoms with van der Waals surface area (Å²) < 4.78 is 3.56. The quantitative estimate of drug-likeness (QED) is 0.242. The van der Waals surface area contributed by atoms with E-state index in [1.54, 1.807) is 0 Å². The molecule has 0 aliphatic heterocycles. The van der Waals surface area contributed by atoms with Gasteiger partial charge in [0.2, 0.25) is 0 Å². The zero-order valence-electron chi connectivity index (χ0n) is 2.55. The molecule has 0 amide bonds. The van der Waals surface area contributed by atoms with Gasteiger partial charge in [0, 0.05) is 32.4 Å². The SMILES string of the molecule is O=COS.[Zn]. The van der Waals surface area contributed by atoms with Gasteiger partial charge in [-0.15, -0.1) is 0 Å². The largest absolute Gasteiger partial charge is 0.397 e. The molecule has 26 valence electrons. The molecule has 0 rings (SSSR count). The van der Waals surface area contributed by atoms with Gasteiger partial charge in [-0.25, -0.2) is 0 Å². The Morgan fingerprint density at radius 3 is 2.00 bits per heavy atom. The molecular formula is CH2O2SZn. The summed E-state index contributed by atoms with van der Waals surface area (Å²) in [5.74, 6) is 0. The number of hydrogen-bond acceptors (Lipinski definition) is 3. The Morgan fingerprint density at radius 1 is 1.80 bits per heavy atom. The van der Waals surface area contributed by atoms with E-state index in [1.807, 2.05) is 0 Å². The van der Waals surface area contributed by atoms with Crippen LogP contribution in [0.5, 0.6) is 0 Å². The molecule has 0 spiro atoms. The molecule has 0 aliphatic rings. The number of carbonyl (C=O) groups excluding carboxylic acids is 1. The van der Waals surface area contributed by atoms with Crippen LogP contribution in [0.2, 0.25) is 0 Å². The van der Waals surface area contributed by atoms with Gasteiger partial charge < -0.3 is 4.18 Å². The molecule has 0 bridgehead atoms. The van der Waals surface area contributed by atoms with Gasteiger partial charge in [-0.1, -0.05) is 0 Å². The predicted molar refractivity (Wildman–Crippen MR) is 16.1 cm³/mol. The van der Waals surface area contributed by atoms with Crippen LogP contribution in [0.25, 0.3) is 0 Å². The first-order valence-corrected chi connectivity index (χ1v) is 1.02. The zero-order chi connectivity index (χ0) is 3.41. The van der Waals surface area contributed by atoms with E-state index in [-0.39, 0.29) is 26.0 Å². The van der Waals surface area contributed by atoms with Crippen molar-refractivity contribution in [3.63, 3.8) is 0 Å². The van der Waals surface area contributed by atoms with Crippen LogP contribution in [-0.2, 0) is 28.5 Å². The third kappa shape index (κ3) is 12.7. The molecule has 0 aromatic carbocycles. The van der Waals surface area contributed by atoms with Crippen molar-refractivity contribution in [2.75, 3.05) is 0 Å². The Kier molecular flexibility index (Phi) is 16.0. The molecule has 0 N–H and O–H groups in total. The fourth-order valence-electron chi connectivity index (χ4n) is 0. The topological polar surface area (TPSA) is 26.3 Å². The molecule has 0 aliphatic carbocycles. The summed E-state index contributed by atoms with van der Waals surface area (Å²) >= 11 is 3.05. The van der Waals surface area contributed by atoms with Crippen LogP contribution in [0.3, 0.4) is 0 Å². The van der Waals surface area contributed by atoms with Crippen molar-refractivity contribution in [3.05, 3.63) is 0 Å². The first-order chi connectivity index (χ1) is 1.91. The van der Waals surface area contributed by atoms with Crippen LogP contribution in [-0.4, -0.2) is 6.47 Å². The minimum Gasteiger partial charge on any atom is -0.397 e. The molecule has 0 atom stereocenters. The van der Waals surface area contributed by atoms with Crippen molar-refractivity contribution in [2.24, 2.45) is 0 Å². The third-order valence-corrected chi connectivity index (χ3v) is 0.129. The average molecular weight is 143 g/mol. The molecule has 5 heavy (non-hydrogen) atoms. The van der Waals surface area contributed by atoms with Crippen molar-refractivity contribution < 1.29 is 28.5 Å². The predicted octanol–water partition coefficient (Wildman–Crippen LogP) is 0.00170. The number of hydrogen-bond donors (Lipinski definition) is 1. The fraction of sp³-hybridized carbons (Fsp3) is 0. The van der Waals surface area contributed by atoms with E-state index < -0.39 is 0 Å². The van der Waals surface area contributed by atoms with E-state index >= 15 is 0 Å². The normalized spacial score (nSPS) is 4.20. The van der Waals surface area contributed by atoms with E-state index in [2.05, 4.69) is 17.1 Å². The molecule has 0 aromatic heterocycles. The molecule has 4 heteroatoms. The monoisotopic (exact) mass is 142 g/mol. The molecular weight excluding hydrogens is 141 g/mol. The number of thiol groups is 1. The van der Waals surface area contributed by atoms with Crippen molar-refractivity contribution in [1.82, 2.24) is 0 Å². The first-order valence-electron chi connectivity index (χ1n) is 0.654. The summed E-state index contributed by atoms with van der Waals surface area (Å²) in [5, 5.41) is 0. The Bertz CT molecular complexity index is 23.6. The number of carbonyl (C=O) groups is 1. The molecule has 0 aromatic rings. The molecule has 0 radical (unpaired) electrons. The maximum Gasteiger partial charge on any atom is 0.304 e. The first kappa shape index (κ1) is 9.06. The second kappa shape index (κ2) is 8.82. The summed E-state index contributed by atoms with van der Waals surface area (Å²) in [6.07, 6.45) is 0. The van der Waals surface area contributed by atoms with Crippen molar-refractivity contribution in [1.29, 1.82) is 0 Å². The Hall–Kier alpha value is 0.443. The Labute approximate surface area is 48.3 Å². The van der Waals surface area contributed by atoms with E-state index in [1.165, 1.54) is 0 Å². The minimum atomic E-state index is 0. The Balaban J connectivity index is 0. The second-order valence-corrected chi connectivity index (χ2v) is 0.412. The summed E-state index contributed by atoms with van der Waals surface area (Å²) in [6.45, 7) is 0.239. The smallest absolute Gasteiger partial charge is 0.304 e. The molecule has 0 saturated heterocycles. The van der Waals surface area contributed by atoms with Gasteiger partial charge in [-0.05, 0) is 0 Å². The number of rotatable bonds is 1. The van der Waals surface area contributed by atoms with Crippen molar-refractivity contribution in [2.45, 2.75) is 0 Å². The van der Waals surface area contributed by atoms with E-state index in [4.69, 9.17) is 4.79 Å². The minimum absolute atomic E-state index is 0. The van der Waals surface area contributed by atoms with Crippen LogP contribution in [0.4, 0.5) is 0 Å². The maximum atomic E-state index is 8.88. The fourth-order valence-corrected chi connectivity index (χ4v) is 0. The summed E-state index contributed by atoms with van der Waals surface area (Å²) in [5.41, 5.74) is 0. The van der Waals surface area contributed by atoms with Crippen LogP contribution in [0, 0.1) is 0 Å². The summed E-state index contributed by atoms with van der Waals surface area (Å²) in [6, 6.07) is 0.